The van der Waals surface area contributed by atoms with Gasteiger partial charge in [-0.3, -0.25) is 9.55 Å². The molecule has 4 nitrogen and oxygen atoms in total. The van der Waals surface area contributed by atoms with Crippen LogP contribution >= 0.6 is 0 Å². The zero-order valence-electron chi connectivity index (χ0n) is 53.8. The van der Waals surface area contributed by atoms with E-state index >= 15 is 0 Å². The molecule has 0 atom stereocenters. The summed E-state index contributed by atoms with van der Waals surface area (Å²) in [5.74, 6) is -0.641. The third kappa shape index (κ3) is 9.05. The first-order valence-corrected chi connectivity index (χ1v) is 21.0. The largest absolute Gasteiger partial charge is 0.507 e. The summed E-state index contributed by atoms with van der Waals surface area (Å²) < 4.78 is 140. The molecule has 0 aliphatic rings. The molecule has 0 aliphatic heterocycles. The average Bonchev–Trinajstić information content (AvgIpc) is 3.72. The van der Waals surface area contributed by atoms with Crippen LogP contribution in [0.15, 0.2) is 127 Å². The Kier molecular flexibility index (Phi) is 8.11. The Morgan fingerprint density at radius 3 is 2.16 bits per heavy atom. The smallest absolute Gasteiger partial charge is 0.148 e. The molecule has 0 spiro atoms. The first-order valence-electron chi connectivity index (χ1n) is 29.0. The number of benzene rings is 6. The number of phenols is 1. The molecule has 0 bridgehead atoms. The fraction of sp³-hybridized carbons (Fsp3) is 0.288. The number of hydrogen-bond acceptors (Lipinski definition) is 3. The minimum atomic E-state index is -3.80. The van der Waals surface area contributed by atoms with E-state index in [9.17, 15) is 7.85 Å². The van der Waals surface area contributed by atoms with Gasteiger partial charge in [0.1, 0.15) is 11.6 Å². The zero-order chi connectivity index (χ0) is 58.8. The Morgan fingerprint density at radius 1 is 0.703 bits per heavy atom. The van der Waals surface area contributed by atoms with Crippen LogP contribution in [0, 0.1) is 19.9 Å². The Hall–Kier alpha value is -5.57. The number of hydrogen-bond donors (Lipinski definition) is 1. The fourth-order valence-corrected chi connectivity index (χ4v) is 8.11. The van der Waals surface area contributed by atoms with Gasteiger partial charge in [-0.25, -0.2) is 4.98 Å². The molecule has 0 saturated heterocycles. The maximum atomic E-state index is 11.9. The van der Waals surface area contributed by atoms with E-state index in [-0.39, 0.29) is 43.5 Å². The van der Waals surface area contributed by atoms with Crippen molar-refractivity contribution in [2.24, 2.45) is 0 Å². The van der Waals surface area contributed by atoms with Crippen LogP contribution in [0.2, 0.25) is 0 Å². The van der Waals surface area contributed by atoms with Crippen molar-refractivity contribution in [2.45, 2.75) is 112 Å². The van der Waals surface area contributed by atoms with Gasteiger partial charge in [0.2, 0.25) is 0 Å². The first kappa shape index (κ1) is 29.8. The second-order valence-corrected chi connectivity index (χ2v) is 18.7. The van der Waals surface area contributed by atoms with Crippen molar-refractivity contribution in [3.63, 3.8) is 0 Å². The Morgan fingerprint density at radius 2 is 1.44 bits per heavy atom. The molecule has 2 aromatic heterocycles. The molecule has 0 saturated carbocycles. The number of aromatic hydroxyl groups is 1. The number of imidazole rings is 1. The van der Waals surface area contributed by atoms with Gasteiger partial charge in [-0.05, 0) is 116 Å². The Bertz CT molecular complexity index is 3730. The fourth-order valence-electron chi connectivity index (χ4n) is 8.11. The monoisotopic (exact) mass is 1040 g/mol. The summed E-state index contributed by atoms with van der Waals surface area (Å²) in [5.41, 5.74) is 2.53. The molecule has 1 N–H and O–H groups in total. The van der Waals surface area contributed by atoms with Crippen LogP contribution in [-0.4, -0.2) is 19.6 Å². The van der Waals surface area contributed by atoms with E-state index < -0.39 is 90.4 Å². The number of aryl methyl sites for hydroxylation is 2. The molecule has 2 heterocycles. The molecule has 6 aromatic carbocycles. The van der Waals surface area contributed by atoms with Crippen LogP contribution in [0.1, 0.15) is 137 Å². The van der Waals surface area contributed by atoms with Crippen molar-refractivity contribution >= 4 is 11.0 Å². The standard InChI is InChI=1S/C59H62N3O.Pt/c1-36(2)49-35-45(25-26-47(49)48-17-14-15-19-51(48)59(11,12)13)62-53-20-16-18-46(54(53)61-56(62)50-30-37(3)29-38(4)55(50)63)41-31-42(33-44(32-41)58(8,9)10)52-34-40(27-28-60-52)39-21-23-43(24-22-39)57(5,6)7;/h14-30,32-36,63H,1-13H3;/q-1;/i5D3,6D3,7D3,21D,22D,23D,27D,28D,34D,36D;. The topological polar surface area (TPSA) is 50.9 Å². The average molecular weight is 1040 g/mol. The number of aromatic nitrogens is 3. The van der Waals surface area contributed by atoms with E-state index in [4.69, 9.17) is 24.2 Å². The van der Waals surface area contributed by atoms with Crippen LogP contribution in [0.25, 0.3) is 72.7 Å². The number of phenolic OH excluding ortho intramolecular Hbond substituents is 1. The summed E-state index contributed by atoms with van der Waals surface area (Å²) in [6.07, 6.45) is -0.699. The van der Waals surface area contributed by atoms with Gasteiger partial charge in [0, 0.05) is 52.3 Å². The predicted octanol–water partition coefficient (Wildman–Crippen LogP) is 15.9. The third-order valence-electron chi connectivity index (χ3n) is 11.4. The summed E-state index contributed by atoms with van der Waals surface area (Å²) in [4.78, 5) is 9.74. The van der Waals surface area contributed by atoms with Gasteiger partial charge in [-0.1, -0.05) is 166 Å². The summed E-state index contributed by atoms with van der Waals surface area (Å²) in [6, 6.07) is 26.9. The number of nitrogens with zero attached hydrogens (tertiary/aromatic N) is 3. The van der Waals surface area contributed by atoms with Crippen LogP contribution in [0.5, 0.6) is 5.75 Å². The van der Waals surface area contributed by atoms with Crippen molar-refractivity contribution in [1.82, 2.24) is 14.5 Å². The summed E-state index contributed by atoms with van der Waals surface area (Å²) in [6.45, 7) is 8.44. The molecule has 8 aromatic rings. The van der Waals surface area contributed by atoms with Crippen LogP contribution < -0.4 is 0 Å². The first-order chi connectivity index (χ1) is 36.2. The van der Waals surface area contributed by atoms with Crippen LogP contribution in [0.4, 0.5) is 0 Å². The van der Waals surface area contributed by atoms with Gasteiger partial charge in [0.05, 0.1) is 24.8 Å². The van der Waals surface area contributed by atoms with Gasteiger partial charge in [0.25, 0.3) is 0 Å². The van der Waals surface area contributed by atoms with Gasteiger partial charge >= 0.3 is 0 Å². The number of pyridine rings is 1. The molecule has 0 amide bonds. The third-order valence-corrected chi connectivity index (χ3v) is 11.4. The molecule has 0 aliphatic carbocycles. The molecular weight excluding hydrogens is 962 g/mol. The second kappa shape index (κ2) is 17.4. The van der Waals surface area contributed by atoms with Gasteiger partial charge in [0.15, 0.2) is 0 Å². The van der Waals surface area contributed by atoms with E-state index in [1.807, 2.05) is 120 Å². The maximum Gasteiger partial charge on any atom is 0.148 e. The second-order valence-electron chi connectivity index (χ2n) is 18.7. The SMILES string of the molecule is [2H]c1cc(C(C([2H])([2H])[2H])(C([2H])([2H])[2H])C([2H])([2H])[2H])c([2H])c([2H])c1-c1c([2H])c([2H])nc(-c2[c-]c(-c3cccc4c3nc(-c3cc(C)cc(C)c3O)n4-c3ccc(-c4ccccc4C(C)(C)C)c(C([2H])(C)C)c3)cc(C(C)(C)C)c2)c1[2H].[Pt]. The van der Waals surface area contributed by atoms with E-state index in [1.165, 1.54) is 0 Å². The van der Waals surface area contributed by atoms with Gasteiger partial charge < -0.3 is 5.11 Å². The molecule has 0 radical (unpaired) electrons. The van der Waals surface area contributed by atoms with Gasteiger partial charge in [-0.15, -0.1) is 29.3 Å². The van der Waals surface area contributed by atoms with Crippen molar-refractivity contribution in [1.29, 1.82) is 0 Å². The van der Waals surface area contributed by atoms with Crippen molar-refractivity contribution in [3.05, 3.63) is 167 Å². The quantitative estimate of drug-likeness (QED) is 0.162. The molecule has 64 heavy (non-hydrogen) atoms. The molecule has 5 heteroatoms. The molecule has 0 fully saturated rings. The normalized spacial score (nSPS) is 16.6. The molecular formula is C59H62N3OPt-. The zero-order valence-corrected chi connectivity index (χ0v) is 40.0. The number of para-hydroxylation sites is 1. The molecule has 330 valence electrons. The van der Waals surface area contributed by atoms with Crippen LogP contribution in [-0.2, 0) is 37.3 Å². The predicted molar refractivity (Wildman–Crippen MR) is 266 cm³/mol. The van der Waals surface area contributed by atoms with Crippen LogP contribution in [0.3, 0.4) is 0 Å². The van der Waals surface area contributed by atoms with E-state index in [0.717, 1.165) is 27.8 Å². The number of fused-ring (bicyclic) bond motifs is 1. The summed E-state index contributed by atoms with van der Waals surface area (Å²) in [5, 5.41) is 11.9. The maximum absolute atomic E-state index is 11.9. The number of rotatable bonds is 7. The Labute approximate surface area is 418 Å². The summed E-state index contributed by atoms with van der Waals surface area (Å²) in [7, 11) is 0. The summed E-state index contributed by atoms with van der Waals surface area (Å²) >= 11 is 0. The minimum absolute atomic E-state index is 0. The van der Waals surface area contributed by atoms with E-state index in [0.29, 0.717) is 56.4 Å². The van der Waals surface area contributed by atoms with Crippen molar-refractivity contribution in [2.75, 3.05) is 0 Å². The van der Waals surface area contributed by atoms with Crippen molar-refractivity contribution < 1.29 is 48.1 Å². The van der Waals surface area contributed by atoms with E-state index in [1.54, 1.807) is 6.07 Å². The molecule has 8 rings (SSSR count). The van der Waals surface area contributed by atoms with E-state index in [2.05, 4.69) is 44.0 Å². The van der Waals surface area contributed by atoms with Crippen molar-refractivity contribution in [3.8, 4) is 67.5 Å². The Balaban J connectivity index is 0.00000924. The minimum Gasteiger partial charge on any atom is -0.507 e. The molecule has 0 unspecified atom stereocenters. The van der Waals surface area contributed by atoms with Gasteiger partial charge in [-0.2, -0.15) is 0 Å².